The van der Waals surface area contributed by atoms with Crippen molar-refractivity contribution in [3.63, 3.8) is 0 Å². The van der Waals surface area contributed by atoms with Crippen molar-refractivity contribution in [1.29, 1.82) is 0 Å². The Morgan fingerprint density at radius 1 is 0.434 bits per heavy atom. The van der Waals surface area contributed by atoms with Crippen molar-refractivity contribution in [2.24, 2.45) is 0 Å². The van der Waals surface area contributed by atoms with Crippen LogP contribution in [0.3, 0.4) is 0 Å². The van der Waals surface area contributed by atoms with E-state index >= 15 is 0 Å². The summed E-state index contributed by atoms with van der Waals surface area (Å²) in [5.74, 6) is 1.84. The van der Waals surface area contributed by atoms with Gasteiger partial charge in [0.25, 0.3) is 6.71 Å². The van der Waals surface area contributed by atoms with Crippen LogP contribution >= 0.6 is 0 Å². The zero-order valence-corrected chi connectivity index (χ0v) is 29.0. The summed E-state index contributed by atoms with van der Waals surface area (Å²) in [7, 11) is 0. The lowest BCUT2D eigenvalue weighted by Gasteiger charge is -2.34. The molecule has 0 saturated heterocycles. The molecule has 10 aromatic rings. The Balaban J connectivity index is 1.16. The topological polar surface area (TPSA) is 19.1 Å². The van der Waals surface area contributed by atoms with Crippen LogP contribution in [0.25, 0.3) is 77.2 Å². The Morgan fingerprint density at radius 2 is 1.08 bits per heavy atom. The molecule has 0 N–H and O–H groups in total. The quantitative estimate of drug-likeness (QED) is 0.171. The monoisotopic (exact) mass is 674 g/mol. The summed E-state index contributed by atoms with van der Waals surface area (Å²) in [6, 6.07) is 62.0. The maximum Gasteiger partial charge on any atom is 0.256 e. The van der Waals surface area contributed by atoms with Crippen molar-refractivity contribution in [2.45, 2.75) is 6.92 Å². The summed E-state index contributed by atoms with van der Waals surface area (Å²) < 4.78 is 11.9. The fourth-order valence-electron chi connectivity index (χ4n) is 9.47. The number of ether oxygens (including phenoxy) is 1. The molecule has 0 bridgehead atoms. The molecule has 8 aromatic carbocycles. The largest absolute Gasteiger partial charge is 0.458 e. The van der Waals surface area contributed by atoms with E-state index in [2.05, 4.69) is 186 Å². The SMILES string of the molecule is Cc1cc(-n2c3ccccc3c3ccccc32)cc2c1B1c3c(cccc3-n3c4ccc(-c5ccccc5)cc4c4cc(-c5ccccc5)cc1c43)O2. The van der Waals surface area contributed by atoms with Gasteiger partial charge in [-0.2, -0.15) is 0 Å². The third-order valence-electron chi connectivity index (χ3n) is 11.7. The fraction of sp³-hybridized carbons (Fsp3) is 0.0204. The molecule has 2 aromatic heterocycles. The summed E-state index contributed by atoms with van der Waals surface area (Å²) in [6.07, 6.45) is 0. The number of rotatable bonds is 3. The summed E-state index contributed by atoms with van der Waals surface area (Å²) >= 11 is 0. The van der Waals surface area contributed by atoms with Gasteiger partial charge in [0.15, 0.2) is 0 Å². The van der Waals surface area contributed by atoms with Crippen molar-refractivity contribution in [3.05, 3.63) is 175 Å². The van der Waals surface area contributed by atoms with E-state index in [-0.39, 0.29) is 6.71 Å². The van der Waals surface area contributed by atoms with Crippen LogP contribution < -0.4 is 21.1 Å². The zero-order valence-electron chi connectivity index (χ0n) is 29.0. The Kier molecular flexibility index (Phi) is 5.79. The molecular formula is C49H31BN2O. The molecule has 0 amide bonds. The van der Waals surface area contributed by atoms with E-state index in [0.29, 0.717) is 0 Å². The average Bonchev–Trinajstić information content (AvgIpc) is 3.73. The number of fused-ring (bicyclic) bond motifs is 10. The number of aryl methyl sites for hydroxylation is 1. The van der Waals surface area contributed by atoms with Crippen molar-refractivity contribution < 1.29 is 4.74 Å². The molecule has 4 heteroatoms. The molecular weight excluding hydrogens is 643 g/mol. The molecule has 0 fully saturated rings. The molecule has 0 radical (unpaired) electrons. The van der Waals surface area contributed by atoms with E-state index in [0.717, 1.165) is 17.2 Å². The first-order valence-electron chi connectivity index (χ1n) is 18.4. The van der Waals surface area contributed by atoms with Crippen LogP contribution in [0.15, 0.2) is 170 Å². The van der Waals surface area contributed by atoms with Gasteiger partial charge in [-0.25, -0.2) is 0 Å². The first-order valence-corrected chi connectivity index (χ1v) is 18.4. The number of nitrogens with zero attached hydrogens (tertiary/aromatic N) is 2. The lowest BCUT2D eigenvalue weighted by atomic mass is 9.34. The smallest absolute Gasteiger partial charge is 0.256 e. The van der Waals surface area contributed by atoms with Gasteiger partial charge in [-0.05, 0) is 94.1 Å². The van der Waals surface area contributed by atoms with Gasteiger partial charge in [0, 0.05) is 38.8 Å². The van der Waals surface area contributed by atoms with Crippen LogP contribution in [0.2, 0.25) is 0 Å². The molecule has 2 aliphatic heterocycles. The van der Waals surface area contributed by atoms with Crippen LogP contribution in [0, 0.1) is 6.92 Å². The number of hydrogen-bond donors (Lipinski definition) is 0. The van der Waals surface area contributed by atoms with Gasteiger partial charge in [-0.3, -0.25) is 0 Å². The minimum Gasteiger partial charge on any atom is -0.458 e. The van der Waals surface area contributed by atoms with Crippen molar-refractivity contribution in [2.75, 3.05) is 0 Å². The third kappa shape index (κ3) is 3.95. The predicted octanol–water partition coefficient (Wildman–Crippen LogP) is 10.5. The average molecular weight is 675 g/mol. The molecule has 3 nitrogen and oxygen atoms in total. The van der Waals surface area contributed by atoms with E-state index in [1.807, 2.05) is 0 Å². The molecule has 0 spiro atoms. The number of para-hydroxylation sites is 2. The normalized spacial score (nSPS) is 12.7. The van der Waals surface area contributed by atoms with Gasteiger partial charge in [-0.15, -0.1) is 0 Å². The Labute approximate surface area is 307 Å². The van der Waals surface area contributed by atoms with Crippen LogP contribution in [-0.4, -0.2) is 15.8 Å². The van der Waals surface area contributed by atoms with Gasteiger partial charge < -0.3 is 13.9 Å². The number of aromatic nitrogens is 2. The second-order valence-electron chi connectivity index (χ2n) is 14.5. The first kappa shape index (κ1) is 28.9. The highest BCUT2D eigenvalue weighted by molar-refractivity contribution is 6.99. The first-order chi connectivity index (χ1) is 26.2. The Hall–Kier alpha value is -6.78. The Morgan fingerprint density at radius 3 is 1.81 bits per heavy atom. The summed E-state index contributed by atoms with van der Waals surface area (Å²) in [6.45, 7) is 2.27. The third-order valence-corrected chi connectivity index (χ3v) is 11.7. The maximum atomic E-state index is 7.03. The second-order valence-corrected chi connectivity index (χ2v) is 14.5. The highest BCUT2D eigenvalue weighted by Crippen LogP contribution is 2.41. The fourth-order valence-corrected chi connectivity index (χ4v) is 9.47. The summed E-state index contributed by atoms with van der Waals surface area (Å²) in [5.41, 5.74) is 17.1. The van der Waals surface area contributed by atoms with Crippen molar-refractivity contribution in [1.82, 2.24) is 9.13 Å². The minimum absolute atomic E-state index is 0.00807. The maximum absolute atomic E-state index is 7.03. The minimum atomic E-state index is 0.00807. The highest BCUT2D eigenvalue weighted by Gasteiger charge is 2.41. The van der Waals surface area contributed by atoms with Gasteiger partial charge in [0.1, 0.15) is 11.5 Å². The predicted molar refractivity (Wildman–Crippen MR) is 222 cm³/mol. The van der Waals surface area contributed by atoms with E-state index in [9.17, 15) is 0 Å². The molecule has 246 valence electrons. The van der Waals surface area contributed by atoms with E-state index in [1.54, 1.807) is 0 Å². The molecule has 53 heavy (non-hydrogen) atoms. The lowest BCUT2D eigenvalue weighted by molar-refractivity contribution is 0.486. The number of hydrogen-bond acceptors (Lipinski definition) is 1. The molecule has 0 unspecified atom stereocenters. The van der Waals surface area contributed by atoms with E-state index in [1.165, 1.54) is 93.5 Å². The highest BCUT2D eigenvalue weighted by atomic mass is 16.5. The van der Waals surface area contributed by atoms with Gasteiger partial charge >= 0.3 is 0 Å². The van der Waals surface area contributed by atoms with Crippen LogP contribution in [0.5, 0.6) is 11.5 Å². The van der Waals surface area contributed by atoms with E-state index < -0.39 is 0 Å². The van der Waals surface area contributed by atoms with Crippen LogP contribution in [0.4, 0.5) is 0 Å². The molecule has 4 heterocycles. The molecule has 12 rings (SSSR count). The van der Waals surface area contributed by atoms with E-state index in [4.69, 9.17) is 4.74 Å². The van der Waals surface area contributed by atoms with Crippen molar-refractivity contribution in [3.8, 4) is 45.1 Å². The molecule has 0 saturated carbocycles. The summed E-state index contributed by atoms with van der Waals surface area (Å²) in [4.78, 5) is 0. The zero-order chi connectivity index (χ0) is 34.8. The second kappa shape index (κ2) is 10.6. The molecule has 2 aliphatic rings. The molecule has 0 aliphatic carbocycles. The standard InChI is InChI=1S/C49H31BN2O/c1-30-25-35(51-41-19-10-8-17-36(41)37-18-9-11-20-42(37)51)29-46-47(30)50-40-28-34(32-15-6-3-7-16-32)27-39-38-26-33(31-13-4-2-5-14-31)23-24-43(38)52(49(39)40)44-21-12-22-45(53-46)48(44)50/h2-29H,1H3. The van der Waals surface area contributed by atoms with Crippen LogP contribution in [0.1, 0.15) is 5.56 Å². The van der Waals surface area contributed by atoms with Gasteiger partial charge in [0.05, 0.1) is 22.2 Å². The van der Waals surface area contributed by atoms with Gasteiger partial charge in [0.2, 0.25) is 0 Å². The lowest BCUT2D eigenvalue weighted by Crippen LogP contribution is -2.59. The Bertz CT molecular complexity index is 3100. The van der Waals surface area contributed by atoms with Crippen LogP contribution in [-0.2, 0) is 0 Å². The number of benzene rings is 8. The summed E-state index contributed by atoms with van der Waals surface area (Å²) in [5, 5.41) is 5.05. The van der Waals surface area contributed by atoms with Crippen molar-refractivity contribution >= 4 is 66.7 Å². The van der Waals surface area contributed by atoms with Gasteiger partial charge in [-0.1, -0.05) is 121 Å². The molecule has 0 atom stereocenters.